The molecule has 0 radical (unpaired) electrons. The summed E-state index contributed by atoms with van der Waals surface area (Å²) in [5.74, 6) is 0. The molecule has 0 bridgehead atoms. The summed E-state index contributed by atoms with van der Waals surface area (Å²) in [5, 5.41) is 4.78. The second kappa shape index (κ2) is 14.8. The summed E-state index contributed by atoms with van der Waals surface area (Å²) >= 11 is 1.89. The molecule has 1 atom stereocenters. The molecule has 0 saturated carbocycles. The summed E-state index contributed by atoms with van der Waals surface area (Å²) in [4.78, 5) is 2.46. The molecule has 0 fully saturated rings. The number of hydrogen-bond acceptors (Lipinski definition) is 3. The van der Waals surface area contributed by atoms with Crippen molar-refractivity contribution in [1.29, 1.82) is 0 Å². The average Bonchev–Trinajstić information content (AvgIpc) is 4.01. The molecule has 11 aromatic rings. The van der Waals surface area contributed by atoms with Crippen molar-refractivity contribution in [2.45, 2.75) is 11.8 Å². The first-order chi connectivity index (χ1) is 32.2. The Morgan fingerprint density at radius 3 is 2.03 bits per heavy atom. The second-order valence-electron chi connectivity index (χ2n) is 17.2. The van der Waals surface area contributed by atoms with Gasteiger partial charge in [0.05, 0.1) is 22.2 Å². The highest BCUT2D eigenvalue weighted by atomic mass is 32.1. The van der Waals surface area contributed by atoms with Crippen molar-refractivity contribution < 1.29 is 4.42 Å². The maximum absolute atomic E-state index is 6.58. The highest BCUT2D eigenvalue weighted by Crippen LogP contribution is 2.59. The predicted molar refractivity (Wildman–Crippen MR) is 276 cm³/mol. The standard InChI is InChI=1S/C62H41NOS/c1-40-19-4-3-17-36-62(52-28-13-9-25-46(52)50-39-60-51(38-54(50)62)47-26-12-16-33-59(47)65-60)53-35-34-42(37-49(53)45-24-8-7-22-43(40)45)63(55-29-14-10-23-44(55)41-20-5-2-6-21-41)56-30-18-32-58-61(56)48-27-11-15-31-57(48)64-58/h2-35,37-39H,1,36H2/b17-3-,19-4-. The molecule has 0 aliphatic heterocycles. The Labute approximate surface area is 382 Å². The van der Waals surface area contributed by atoms with Crippen molar-refractivity contribution in [2.75, 3.05) is 4.90 Å². The normalized spacial score (nSPS) is 16.3. The van der Waals surface area contributed by atoms with Gasteiger partial charge in [0, 0.05) is 36.8 Å². The predicted octanol–water partition coefficient (Wildman–Crippen LogP) is 17.6. The van der Waals surface area contributed by atoms with Gasteiger partial charge in [0.15, 0.2) is 0 Å². The molecule has 0 saturated heterocycles. The smallest absolute Gasteiger partial charge is 0.137 e. The van der Waals surface area contributed by atoms with E-state index in [0.717, 1.165) is 73.2 Å². The second-order valence-corrected chi connectivity index (χ2v) is 18.3. The minimum Gasteiger partial charge on any atom is -0.456 e. The number of allylic oxidation sites excluding steroid dienone is 5. The number of benzene rings is 9. The van der Waals surface area contributed by atoms with Crippen LogP contribution in [-0.4, -0.2) is 0 Å². The largest absolute Gasteiger partial charge is 0.456 e. The number of nitrogens with zero attached hydrogens (tertiary/aromatic N) is 1. The molecule has 2 aromatic heterocycles. The van der Waals surface area contributed by atoms with Gasteiger partial charge in [-0.2, -0.15) is 0 Å². The van der Waals surface area contributed by atoms with E-state index in [-0.39, 0.29) is 0 Å². The third-order valence-corrected chi connectivity index (χ3v) is 14.9. The van der Waals surface area contributed by atoms with E-state index in [0.29, 0.717) is 0 Å². The van der Waals surface area contributed by atoms with Gasteiger partial charge in [-0.05, 0) is 117 Å². The van der Waals surface area contributed by atoms with Crippen LogP contribution in [0, 0.1) is 0 Å². The fourth-order valence-corrected chi connectivity index (χ4v) is 12.1. The van der Waals surface area contributed by atoms with Crippen LogP contribution in [-0.2, 0) is 5.41 Å². The van der Waals surface area contributed by atoms with Crippen molar-refractivity contribution in [3.05, 3.63) is 253 Å². The van der Waals surface area contributed by atoms with E-state index < -0.39 is 5.41 Å². The lowest BCUT2D eigenvalue weighted by atomic mass is 9.67. The van der Waals surface area contributed by atoms with Gasteiger partial charge in [-0.15, -0.1) is 11.3 Å². The van der Waals surface area contributed by atoms with Gasteiger partial charge in [0.25, 0.3) is 0 Å². The van der Waals surface area contributed by atoms with Gasteiger partial charge in [0.1, 0.15) is 11.2 Å². The highest BCUT2D eigenvalue weighted by Gasteiger charge is 2.46. The zero-order valence-corrected chi connectivity index (χ0v) is 36.4. The molecule has 13 rings (SSSR count). The molecule has 65 heavy (non-hydrogen) atoms. The van der Waals surface area contributed by atoms with Crippen LogP contribution < -0.4 is 4.90 Å². The summed E-state index contributed by atoms with van der Waals surface area (Å²) in [7, 11) is 0. The first-order valence-electron chi connectivity index (χ1n) is 22.3. The van der Waals surface area contributed by atoms with E-state index in [1.165, 1.54) is 53.6 Å². The van der Waals surface area contributed by atoms with Crippen LogP contribution in [0.15, 0.2) is 235 Å². The third kappa shape index (κ3) is 5.72. The molecule has 2 nitrogen and oxygen atoms in total. The van der Waals surface area contributed by atoms with Crippen molar-refractivity contribution in [2.24, 2.45) is 0 Å². The molecular weight excluding hydrogens is 807 g/mol. The van der Waals surface area contributed by atoms with E-state index in [1.807, 2.05) is 17.4 Å². The summed E-state index contributed by atoms with van der Waals surface area (Å²) in [5.41, 5.74) is 17.6. The minimum absolute atomic E-state index is 0.520. The maximum atomic E-state index is 6.58. The van der Waals surface area contributed by atoms with Crippen molar-refractivity contribution in [1.82, 2.24) is 0 Å². The van der Waals surface area contributed by atoms with Crippen LogP contribution in [0.1, 0.15) is 28.7 Å². The molecule has 3 heteroatoms. The number of anilines is 3. The highest BCUT2D eigenvalue weighted by molar-refractivity contribution is 7.25. The maximum Gasteiger partial charge on any atom is 0.137 e. The summed E-state index contributed by atoms with van der Waals surface area (Å²) in [6.07, 6.45) is 9.67. The van der Waals surface area contributed by atoms with Crippen LogP contribution in [0.5, 0.6) is 0 Å². The number of rotatable bonds is 4. The van der Waals surface area contributed by atoms with Crippen molar-refractivity contribution in [3.63, 3.8) is 0 Å². The Morgan fingerprint density at radius 1 is 0.462 bits per heavy atom. The van der Waals surface area contributed by atoms with Crippen LogP contribution in [0.25, 0.3) is 81.1 Å². The monoisotopic (exact) mass is 847 g/mol. The van der Waals surface area contributed by atoms with E-state index >= 15 is 0 Å². The zero-order valence-electron chi connectivity index (χ0n) is 35.5. The zero-order chi connectivity index (χ0) is 43.1. The van der Waals surface area contributed by atoms with Crippen LogP contribution >= 0.6 is 11.3 Å². The van der Waals surface area contributed by atoms with Gasteiger partial charge < -0.3 is 9.32 Å². The molecule has 2 heterocycles. The van der Waals surface area contributed by atoms with E-state index in [9.17, 15) is 0 Å². The fourth-order valence-electron chi connectivity index (χ4n) is 10.9. The topological polar surface area (TPSA) is 16.4 Å². The number of furan rings is 1. The van der Waals surface area contributed by atoms with Crippen molar-refractivity contribution in [3.8, 4) is 33.4 Å². The molecule has 0 N–H and O–H groups in total. The molecular formula is C62H41NOS. The third-order valence-electron chi connectivity index (χ3n) is 13.8. The number of thiophene rings is 1. The van der Waals surface area contributed by atoms with Crippen molar-refractivity contribution >= 4 is 76.1 Å². The first-order valence-corrected chi connectivity index (χ1v) is 23.1. The molecule has 9 aromatic carbocycles. The SMILES string of the molecule is C=C1/C=C\C=C/CC2(c3ccc(N(c4ccccc4-c4ccccc4)c4cccc5oc6ccccc6c45)cc3-c3ccccc31)c1ccccc1-c1cc3sc4ccccc4c3cc12. The lowest BCUT2D eigenvalue weighted by molar-refractivity contribution is 0.647. The number of para-hydroxylation sites is 2. The lowest BCUT2D eigenvalue weighted by Crippen LogP contribution is -2.27. The molecule has 1 spiro atoms. The van der Waals surface area contributed by atoms with E-state index in [2.05, 4.69) is 230 Å². The van der Waals surface area contributed by atoms with Gasteiger partial charge >= 0.3 is 0 Å². The van der Waals surface area contributed by atoms with Crippen LogP contribution in [0.3, 0.4) is 0 Å². The fraction of sp³-hybridized carbons (Fsp3) is 0.0323. The molecule has 2 aliphatic rings. The number of hydrogen-bond donors (Lipinski definition) is 0. The van der Waals surface area contributed by atoms with Gasteiger partial charge in [-0.1, -0.05) is 176 Å². The Kier molecular flexibility index (Phi) is 8.56. The summed E-state index contributed by atoms with van der Waals surface area (Å²) in [6, 6.07) is 73.5. The van der Waals surface area contributed by atoms with E-state index in [1.54, 1.807) is 0 Å². The molecule has 306 valence electrons. The Hall–Kier alpha value is -7.98. The van der Waals surface area contributed by atoms with Crippen LogP contribution in [0.2, 0.25) is 0 Å². The van der Waals surface area contributed by atoms with Gasteiger partial charge in [0.2, 0.25) is 0 Å². The quantitative estimate of drug-likeness (QED) is 0.175. The summed E-state index contributed by atoms with van der Waals surface area (Å²) < 4.78 is 9.21. The summed E-state index contributed by atoms with van der Waals surface area (Å²) in [6.45, 7) is 4.67. The Bertz CT molecular complexity index is 3790. The van der Waals surface area contributed by atoms with Gasteiger partial charge in [-0.25, -0.2) is 0 Å². The Morgan fingerprint density at radius 2 is 1.14 bits per heavy atom. The van der Waals surface area contributed by atoms with E-state index in [4.69, 9.17) is 4.42 Å². The Balaban J connectivity index is 1.16. The lowest BCUT2D eigenvalue weighted by Gasteiger charge is -2.36. The van der Waals surface area contributed by atoms with Gasteiger partial charge in [-0.3, -0.25) is 0 Å². The molecule has 1 unspecified atom stereocenters. The molecule has 0 amide bonds. The average molecular weight is 848 g/mol. The molecule has 2 aliphatic carbocycles. The number of fused-ring (bicyclic) bond motifs is 15. The minimum atomic E-state index is -0.520. The van der Waals surface area contributed by atoms with Crippen LogP contribution in [0.4, 0.5) is 17.1 Å². The first kappa shape index (κ1) is 37.6.